The van der Waals surface area contributed by atoms with Crippen molar-refractivity contribution >= 4 is 16.9 Å². The first-order valence-electron chi connectivity index (χ1n) is 9.13. The molecule has 0 saturated heterocycles. The monoisotopic (exact) mass is 382 g/mol. The topological polar surface area (TPSA) is 63.9 Å². The molecule has 1 N–H and O–H groups in total. The van der Waals surface area contributed by atoms with Crippen LogP contribution >= 0.6 is 0 Å². The third-order valence-electron chi connectivity index (χ3n) is 4.83. The van der Waals surface area contributed by atoms with E-state index in [-0.39, 0.29) is 18.4 Å². The Morgan fingerprint density at radius 1 is 1.14 bits per heavy atom. The minimum Gasteiger partial charge on any atom is -0.497 e. The number of nitrogens with zero attached hydrogens (tertiary/aromatic N) is 1. The fourth-order valence-corrected chi connectivity index (χ4v) is 3.29. The number of hydrogen-bond acceptors (Lipinski definition) is 5. The molecule has 1 heterocycles. The van der Waals surface area contributed by atoms with Crippen LogP contribution in [0.5, 0.6) is 11.5 Å². The Kier molecular flexibility index (Phi) is 6.21. The lowest BCUT2D eigenvalue weighted by molar-refractivity contribution is -0.120. The van der Waals surface area contributed by atoms with Gasteiger partial charge in [0.15, 0.2) is 0 Å². The van der Waals surface area contributed by atoms with E-state index >= 15 is 0 Å². The molecule has 0 saturated carbocycles. The normalized spacial score (nSPS) is 12.2. The van der Waals surface area contributed by atoms with Crippen molar-refractivity contribution in [2.75, 3.05) is 34.9 Å². The zero-order chi connectivity index (χ0) is 20.1. The number of amides is 1. The molecule has 0 spiro atoms. The quantitative estimate of drug-likeness (QED) is 0.647. The highest BCUT2D eigenvalue weighted by Crippen LogP contribution is 2.28. The van der Waals surface area contributed by atoms with Gasteiger partial charge in [0.2, 0.25) is 5.91 Å². The summed E-state index contributed by atoms with van der Waals surface area (Å²) in [6.07, 6.45) is 1.89. The molecule has 1 atom stereocenters. The van der Waals surface area contributed by atoms with Crippen LogP contribution in [0, 0.1) is 0 Å². The van der Waals surface area contributed by atoms with Crippen LogP contribution in [-0.2, 0) is 11.2 Å². The second-order valence-electron chi connectivity index (χ2n) is 6.83. The second-order valence-corrected chi connectivity index (χ2v) is 6.83. The van der Waals surface area contributed by atoms with Crippen molar-refractivity contribution in [1.29, 1.82) is 0 Å². The van der Waals surface area contributed by atoms with Crippen LogP contribution in [0.15, 0.2) is 53.1 Å². The van der Waals surface area contributed by atoms with Crippen LogP contribution in [0.4, 0.5) is 0 Å². The predicted octanol–water partition coefficient (Wildman–Crippen LogP) is 3.41. The lowest BCUT2D eigenvalue weighted by atomic mass is 10.0. The number of rotatable bonds is 8. The Morgan fingerprint density at radius 2 is 1.93 bits per heavy atom. The molecule has 6 heteroatoms. The number of likely N-dealkylation sites (N-methyl/N-ethyl adjacent to an activating group) is 1. The molecule has 0 bridgehead atoms. The Labute approximate surface area is 165 Å². The zero-order valence-electron chi connectivity index (χ0n) is 16.7. The van der Waals surface area contributed by atoms with Gasteiger partial charge in [0.25, 0.3) is 0 Å². The molecule has 0 aliphatic carbocycles. The Morgan fingerprint density at radius 3 is 2.64 bits per heavy atom. The molecule has 0 fully saturated rings. The van der Waals surface area contributed by atoms with Crippen molar-refractivity contribution in [1.82, 2.24) is 10.2 Å². The number of nitrogens with one attached hydrogen (secondary N) is 1. The van der Waals surface area contributed by atoms with Crippen LogP contribution in [0.1, 0.15) is 17.2 Å². The van der Waals surface area contributed by atoms with Crippen LogP contribution in [-0.4, -0.2) is 45.7 Å². The zero-order valence-corrected chi connectivity index (χ0v) is 16.7. The molecule has 0 unspecified atom stereocenters. The number of carbonyl (C=O) groups excluding carboxylic acids is 1. The molecule has 0 radical (unpaired) electrons. The molecular formula is C22H26N2O4. The molecule has 3 aromatic rings. The van der Waals surface area contributed by atoms with Crippen molar-refractivity contribution < 1.29 is 18.7 Å². The number of para-hydroxylation sites is 1. The fraction of sp³-hybridized carbons (Fsp3) is 0.318. The smallest absolute Gasteiger partial charge is 0.224 e. The molecule has 1 amide bonds. The van der Waals surface area contributed by atoms with E-state index in [0.717, 1.165) is 28.0 Å². The minimum atomic E-state index is -0.0553. The van der Waals surface area contributed by atoms with Crippen LogP contribution in [0.25, 0.3) is 11.0 Å². The van der Waals surface area contributed by atoms with Crippen molar-refractivity contribution in [2.24, 2.45) is 0 Å². The van der Waals surface area contributed by atoms with E-state index in [9.17, 15) is 4.79 Å². The van der Waals surface area contributed by atoms with E-state index in [2.05, 4.69) is 10.2 Å². The van der Waals surface area contributed by atoms with Crippen molar-refractivity contribution in [3.8, 4) is 11.5 Å². The molecule has 28 heavy (non-hydrogen) atoms. The Bertz CT molecular complexity index is 949. The molecule has 148 valence electrons. The van der Waals surface area contributed by atoms with Crippen LogP contribution in [0.3, 0.4) is 0 Å². The molecule has 0 aliphatic heterocycles. The summed E-state index contributed by atoms with van der Waals surface area (Å²) >= 11 is 0. The number of furan rings is 1. The summed E-state index contributed by atoms with van der Waals surface area (Å²) in [4.78, 5) is 14.6. The van der Waals surface area contributed by atoms with E-state index in [4.69, 9.17) is 13.9 Å². The predicted molar refractivity (Wildman–Crippen MR) is 109 cm³/mol. The molecule has 0 aliphatic rings. The number of benzene rings is 2. The average molecular weight is 382 g/mol. The van der Waals surface area contributed by atoms with Crippen molar-refractivity contribution in [3.05, 3.63) is 59.9 Å². The summed E-state index contributed by atoms with van der Waals surface area (Å²) in [5, 5.41) is 3.96. The minimum absolute atomic E-state index is 0.00505. The lowest BCUT2D eigenvalue weighted by Crippen LogP contribution is -2.35. The SMILES string of the molecule is COc1ccc2c(CC(=O)NC[C@H](c3ccccc3OC)N(C)C)coc2c1. The number of fused-ring (bicyclic) bond motifs is 1. The van der Waals surface area contributed by atoms with Gasteiger partial charge in [0.05, 0.1) is 32.9 Å². The van der Waals surface area contributed by atoms with E-state index in [0.29, 0.717) is 12.1 Å². The maximum Gasteiger partial charge on any atom is 0.224 e. The number of carbonyl (C=O) groups is 1. The van der Waals surface area contributed by atoms with Gasteiger partial charge in [-0.3, -0.25) is 4.79 Å². The number of hydrogen-bond donors (Lipinski definition) is 1. The van der Waals surface area contributed by atoms with Crippen LogP contribution in [0.2, 0.25) is 0 Å². The fourth-order valence-electron chi connectivity index (χ4n) is 3.29. The first-order valence-corrected chi connectivity index (χ1v) is 9.13. The number of methoxy groups -OCH3 is 2. The van der Waals surface area contributed by atoms with Crippen molar-refractivity contribution in [2.45, 2.75) is 12.5 Å². The summed E-state index contributed by atoms with van der Waals surface area (Å²) < 4.78 is 16.3. The first-order chi connectivity index (χ1) is 13.5. The first kappa shape index (κ1) is 19.8. The van der Waals surface area contributed by atoms with Gasteiger partial charge in [0.1, 0.15) is 17.1 Å². The van der Waals surface area contributed by atoms with E-state index in [1.165, 1.54) is 0 Å². The van der Waals surface area contributed by atoms with E-state index in [1.807, 2.05) is 56.6 Å². The van der Waals surface area contributed by atoms with Gasteiger partial charge in [0, 0.05) is 29.1 Å². The van der Waals surface area contributed by atoms with Crippen molar-refractivity contribution in [3.63, 3.8) is 0 Å². The third kappa shape index (κ3) is 4.28. The third-order valence-corrected chi connectivity index (χ3v) is 4.83. The maximum absolute atomic E-state index is 12.6. The van der Waals surface area contributed by atoms with Gasteiger partial charge in [-0.15, -0.1) is 0 Å². The number of ether oxygens (including phenoxy) is 2. The van der Waals surface area contributed by atoms with Gasteiger partial charge < -0.3 is 24.1 Å². The van der Waals surface area contributed by atoms with Gasteiger partial charge in [-0.25, -0.2) is 0 Å². The van der Waals surface area contributed by atoms with Gasteiger partial charge >= 0.3 is 0 Å². The van der Waals surface area contributed by atoms with Crippen LogP contribution < -0.4 is 14.8 Å². The largest absolute Gasteiger partial charge is 0.497 e. The standard InChI is InChI=1S/C22H26N2O4/c1-24(2)19(18-7-5-6-8-20(18)27-4)13-23-22(25)11-15-14-28-21-12-16(26-3)9-10-17(15)21/h5-10,12,14,19H,11,13H2,1-4H3,(H,23,25)/t19-/m1/s1. The van der Waals surface area contributed by atoms with E-state index in [1.54, 1.807) is 20.5 Å². The highest BCUT2D eigenvalue weighted by atomic mass is 16.5. The molecule has 2 aromatic carbocycles. The van der Waals surface area contributed by atoms with Gasteiger partial charge in [-0.1, -0.05) is 18.2 Å². The Balaban J connectivity index is 1.69. The molecule has 1 aromatic heterocycles. The second kappa shape index (κ2) is 8.80. The molecule has 6 nitrogen and oxygen atoms in total. The maximum atomic E-state index is 12.6. The summed E-state index contributed by atoms with van der Waals surface area (Å²) in [7, 11) is 7.24. The van der Waals surface area contributed by atoms with E-state index < -0.39 is 0 Å². The molecule has 3 rings (SSSR count). The Hall–Kier alpha value is -2.99. The summed E-state index contributed by atoms with van der Waals surface area (Å²) in [5.41, 5.74) is 2.60. The summed E-state index contributed by atoms with van der Waals surface area (Å²) in [5.74, 6) is 1.48. The summed E-state index contributed by atoms with van der Waals surface area (Å²) in [6.45, 7) is 0.482. The average Bonchev–Trinajstić information content (AvgIpc) is 3.10. The van der Waals surface area contributed by atoms with Gasteiger partial charge in [-0.05, 0) is 32.3 Å². The van der Waals surface area contributed by atoms with Gasteiger partial charge in [-0.2, -0.15) is 0 Å². The molecular weight excluding hydrogens is 356 g/mol. The highest BCUT2D eigenvalue weighted by molar-refractivity contribution is 5.88. The summed E-state index contributed by atoms with van der Waals surface area (Å²) in [6, 6.07) is 13.5. The lowest BCUT2D eigenvalue weighted by Gasteiger charge is -2.26. The highest BCUT2D eigenvalue weighted by Gasteiger charge is 2.19.